The van der Waals surface area contributed by atoms with Crippen molar-refractivity contribution in [2.75, 3.05) is 0 Å². The molecular weight excluding hydrogens is 325 g/mol. The Hall–Kier alpha value is -1.37. The summed E-state index contributed by atoms with van der Waals surface area (Å²) in [6, 6.07) is 0. The van der Waals surface area contributed by atoms with E-state index < -0.39 is 40.7 Å². The number of aliphatic hydroxyl groups excluding tert-OH is 2. The van der Waals surface area contributed by atoms with Crippen molar-refractivity contribution >= 4 is 23.2 Å². The molecule has 0 radical (unpaired) electrons. The van der Waals surface area contributed by atoms with Gasteiger partial charge in [-0.2, -0.15) is 9.78 Å². The molecule has 0 bridgehead atoms. The van der Waals surface area contributed by atoms with Gasteiger partial charge in [0.2, 0.25) is 0 Å². The van der Waals surface area contributed by atoms with Gasteiger partial charge in [0.25, 0.3) is 5.56 Å². The Morgan fingerprint density at radius 2 is 2.29 bits per heavy atom. The van der Waals surface area contributed by atoms with Crippen LogP contribution in [0.3, 0.4) is 0 Å². The van der Waals surface area contributed by atoms with Gasteiger partial charge in [-0.15, -0.1) is 0 Å². The molecule has 1 aliphatic heterocycles. The molecule has 5 atom stereocenters. The van der Waals surface area contributed by atoms with Crippen molar-refractivity contribution in [2.45, 2.75) is 36.3 Å². The average molecular weight is 336 g/mol. The fourth-order valence-electron chi connectivity index (χ4n) is 2.06. The van der Waals surface area contributed by atoms with Crippen molar-refractivity contribution in [2.24, 2.45) is 0 Å². The van der Waals surface area contributed by atoms with Crippen LogP contribution in [0, 0.1) is 11.3 Å². The highest BCUT2D eigenvalue weighted by atomic mass is 35.5. The molecule has 8 nitrogen and oxygen atoms in total. The fraction of sp³-hybridized carbons (Fsp3) is 0.545. The van der Waals surface area contributed by atoms with E-state index in [-0.39, 0.29) is 0 Å². The molecule has 1 aromatic rings. The molecule has 2 heterocycles. The van der Waals surface area contributed by atoms with Crippen molar-refractivity contribution in [3.63, 3.8) is 0 Å². The van der Waals surface area contributed by atoms with Gasteiger partial charge >= 0.3 is 5.69 Å². The lowest BCUT2D eigenvalue weighted by Gasteiger charge is -2.24. The summed E-state index contributed by atoms with van der Waals surface area (Å²) in [5.74, 6) is 2.35. The summed E-state index contributed by atoms with van der Waals surface area (Å²) in [5.41, 5.74) is -1.60. The second-order valence-electron chi connectivity index (χ2n) is 4.51. The highest BCUT2D eigenvalue weighted by Crippen LogP contribution is 2.43. The van der Waals surface area contributed by atoms with Gasteiger partial charge in [-0.1, -0.05) is 17.5 Å². The third-order valence-electron chi connectivity index (χ3n) is 3.06. The first kappa shape index (κ1) is 16.0. The van der Waals surface area contributed by atoms with Crippen LogP contribution in [0.15, 0.2) is 15.8 Å². The lowest BCUT2D eigenvalue weighted by molar-refractivity contribution is -0.0810. The summed E-state index contributed by atoms with van der Waals surface area (Å²) in [6.07, 6.45) is -4.12. The third kappa shape index (κ3) is 2.71. The lowest BCUT2D eigenvalue weighted by Crippen LogP contribution is -2.46. The fourth-order valence-corrected chi connectivity index (χ4v) is 2.58. The maximum Gasteiger partial charge on any atom is 0.347 e. The van der Waals surface area contributed by atoms with Crippen molar-refractivity contribution in [3.05, 3.63) is 27.0 Å². The smallest absolute Gasteiger partial charge is 0.347 e. The molecule has 2 rings (SSSR count). The second kappa shape index (κ2) is 5.79. The van der Waals surface area contributed by atoms with Crippen LogP contribution >= 0.6 is 23.2 Å². The molecule has 1 aliphatic rings. The van der Waals surface area contributed by atoms with Crippen LogP contribution in [0.25, 0.3) is 0 Å². The first-order valence-electron chi connectivity index (χ1n) is 5.82. The normalized spacial score (nSPS) is 33.3. The van der Waals surface area contributed by atoms with Crippen molar-refractivity contribution < 1.29 is 14.9 Å². The molecule has 1 fully saturated rings. The topological polar surface area (TPSA) is 117 Å². The summed E-state index contributed by atoms with van der Waals surface area (Å²) in [7, 11) is 0. The zero-order valence-corrected chi connectivity index (χ0v) is 12.2. The zero-order chi connectivity index (χ0) is 15.8. The first-order chi connectivity index (χ1) is 9.81. The summed E-state index contributed by atoms with van der Waals surface area (Å²) in [5, 5.41) is 25.4. The predicted molar refractivity (Wildman–Crippen MR) is 72.9 cm³/mol. The Morgan fingerprint density at radius 3 is 2.81 bits per heavy atom. The van der Waals surface area contributed by atoms with Gasteiger partial charge in [0.1, 0.15) is 18.4 Å². The molecule has 1 saturated heterocycles. The standard InChI is InChI=1S/C11H11Cl2N3O5/c1-5(17)7-8(19)11(13,2-3-12)9(21-7)16-10(20)15-6(18)4-14-16/h4-5,7-9,17,19H,1H3,(H,15,18,20)/t5-,7+,8-,9+,11?/m0/s1. The number of rotatable bonds is 2. The number of alkyl halides is 1. The van der Waals surface area contributed by atoms with Gasteiger partial charge in [0.05, 0.1) is 6.10 Å². The van der Waals surface area contributed by atoms with E-state index in [9.17, 15) is 19.8 Å². The summed E-state index contributed by atoms with van der Waals surface area (Å²) < 4.78 is 6.12. The minimum Gasteiger partial charge on any atom is -0.391 e. The molecule has 3 N–H and O–H groups in total. The number of nitrogens with zero attached hydrogens (tertiary/aromatic N) is 2. The molecule has 0 aromatic carbocycles. The number of H-pyrrole nitrogens is 1. The van der Waals surface area contributed by atoms with Gasteiger partial charge in [-0.25, -0.2) is 4.79 Å². The Balaban J connectivity index is 2.56. The summed E-state index contributed by atoms with van der Waals surface area (Å²) >= 11 is 11.6. The lowest BCUT2D eigenvalue weighted by atomic mass is 9.97. The molecule has 0 aliphatic carbocycles. The van der Waals surface area contributed by atoms with E-state index in [0.717, 1.165) is 10.9 Å². The Kier molecular flexibility index (Phi) is 4.41. The number of hydrogen-bond donors (Lipinski definition) is 3. The van der Waals surface area contributed by atoms with E-state index in [1.54, 1.807) is 0 Å². The van der Waals surface area contributed by atoms with Crippen LogP contribution in [-0.4, -0.2) is 48.2 Å². The van der Waals surface area contributed by atoms with Crippen molar-refractivity contribution in [1.82, 2.24) is 14.8 Å². The summed E-state index contributed by atoms with van der Waals surface area (Å²) in [6.45, 7) is 1.38. The number of hydrogen-bond acceptors (Lipinski definition) is 6. The van der Waals surface area contributed by atoms with E-state index in [1.165, 1.54) is 6.92 Å². The highest BCUT2D eigenvalue weighted by molar-refractivity contribution is 6.32. The maximum absolute atomic E-state index is 11.8. The average Bonchev–Trinajstić information content (AvgIpc) is 2.64. The van der Waals surface area contributed by atoms with E-state index >= 15 is 0 Å². The molecule has 1 unspecified atom stereocenters. The molecule has 0 saturated carbocycles. The van der Waals surface area contributed by atoms with Crippen molar-refractivity contribution in [3.8, 4) is 11.3 Å². The van der Waals surface area contributed by atoms with Gasteiger partial charge < -0.3 is 14.9 Å². The van der Waals surface area contributed by atoms with E-state index in [1.807, 2.05) is 10.4 Å². The number of nitrogens with one attached hydrogen (secondary N) is 1. The van der Waals surface area contributed by atoms with Crippen LogP contribution in [0.4, 0.5) is 0 Å². The minimum absolute atomic E-state index is 0.703. The molecule has 114 valence electrons. The van der Waals surface area contributed by atoms with Gasteiger partial charge in [-0.3, -0.25) is 9.78 Å². The Bertz CT molecular complexity index is 706. The van der Waals surface area contributed by atoms with E-state index in [0.29, 0.717) is 0 Å². The quantitative estimate of drug-likeness (QED) is 0.459. The van der Waals surface area contributed by atoms with Crippen LogP contribution in [-0.2, 0) is 4.74 Å². The van der Waals surface area contributed by atoms with Gasteiger partial charge in [-0.05, 0) is 18.5 Å². The number of ether oxygens (including phenoxy) is 1. The monoisotopic (exact) mass is 335 g/mol. The maximum atomic E-state index is 11.8. The Labute approximate surface area is 128 Å². The number of aliphatic hydroxyl groups is 2. The summed E-state index contributed by atoms with van der Waals surface area (Å²) in [4.78, 5) is 23.0. The molecule has 1 aromatic heterocycles. The molecule has 0 spiro atoms. The second-order valence-corrected chi connectivity index (χ2v) is 5.32. The number of aromatic amines is 1. The first-order valence-corrected chi connectivity index (χ1v) is 6.58. The van der Waals surface area contributed by atoms with E-state index in [2.05, 4.69) is 11.0 Å². The molecule has 0 amide bonds. The highest BCUT2D eigenvalue weighted by Gasteiger charge is 2.57. The molecule has 21 heavy (non-hydrogen) atoms. The van der Waals surface area contributed by atoms with E-state index in [4.69, 9.17) is 27.9 Å². The van der Waals surface area contributed by atoms with Crippen LogP contribution in [0.1, 0.15) is 13.2 Å². The molecular formula is C11H11Cl2N3O5. The SMILES string of the molecule is C[C@H](O)[C@H]1O[C@@H](n2ncc(=O)[nH]c2=O)C(Cl)(C#CCl)[C@H]1O. The van der Waals surface area contributed by atoms with Crippen LogP contribution in [0.2, 0.25) is 0 Å². The molecule has 10 heteroatoms. The number of halogens is 2. The third-order valence-corrected chi connectivity index (χ3v) is 3.66. The van der Waals surface area contributed by atoms with Crippen LogP contribution < -0.4 is 11.2 Å². The largest absolute Gasteiger partial charge is 0.391 e. The van der Waals surface area contributed by atoms with Gasteiger partial charge in [0, 0.05) is 5.38 Å². The number of aromatic nitrogens is 3. The van der Waals surface area contributed by atoms with Gasteiger partial charge in [0.15, 0.2) is 11.1 Å². The minimum atomic E-state index is -1.81. The van der Waals surface area contributed by atoms with Crippen LogP contribution in [0.5, 0.6) is 0 Å². The Morgan fingerprint density at radius 1 is 1.62 bits per heavy atom. The zero-order valence-electron chi connectivity index (χ0n) is 10.7. The predicted octanol–water partition coefficient (Wildman–Crippen LogP) is -1.25. The van der Waals surface area contributed by atoms with Crippen molar-refractivity contribution in [1.29, 1.82) is 0 Å².